The number of aryl methyl sites for hydroxylation is 1. The molecule has 0 aromatic carbocycles. The third-order valence-electron chi connectivity index (χ3n) is 2.39. The van der Waals surface area contributed by atoms with Gasteiger partial charge in [-0.05, 0) is 26.0 Å². The molecule has 2 aromatic heterocycles. The van der Waals surface area contributed by atoms with Gasteiger partial charge in [0.15, 0.2) is 0 Å². The minimum absolute atomic E-state index is 0.341. The van der Waals surface area contributed by atoms with E-state index in [0.29, 0.717) is 6.04 Å². The molecule has 0 aliphatic rings. The van der Waals surface area contributed by atoms with E-state index in [2.05, 4.69) is 23.3 Å². The average molecular weight is 273 g/mol. The lowest BCUT2D eigenvalue weighted by Gasteiger charge is -2.11. The first-order valence-corrected chi connectivity index (χ1v) is 7.12. The lowest BCUT2D eigenvalue weighted by atomic mass is 10.2. The maximum absolute atomic E-state index is 5.88. The van der Waals surface area contributed by atoms with Gasteiger partial charge in [-0.3, -0.25) is 0 Å². The Balaban J connectivity index is 1.93. The Morgan fingerprint density at radius 3 is 2.88 bits per heavy atom. The van der Waals surface area contributed by atoms with Crippen LogP contribution in [0.25, 0.3) is 0 Å². The molecule has 0 spiro atoms. The molecule has 2 rings (SSSR count). The first kappa shape index (κ1) is 12.0. The summed E-state index contributed by atoms with van der Waals surface area (Å²) in [6.45, 7) is 5.07. The Hall–Kier alpha value is -0.420. The lowest BCUT2D eigenvalue weighted by molar-refractivity contribution is 0.584. The first-order chi connectivity index (χ1) is 7.66. The fourth-order valence-corrected chi connectivity index (χ4v) is 3.39. The molecule has 0 fully saturated rings. The molecule has 0 radical (unpaired) electrons. The van der Waals surface area contributed by atoms with Gasteiger partial charge in [-0.1, -0.05) is 11.6 Å². The predicted molar refractivity (Wildman–Crippen MR) is 71.4 cm³/mol. The quantitative estimate of drug-likeness (QED) is 0.909. The molecule has 0 saturated carbocycles. The van der Waals surface area contributed by atoms with Gasteiger partial charge in [-0.15, -0.1) is 22.7 Å². The summed E-state index contributed by atoms with van der Waals surface area (Å²) in [6.07, 6.45) is 0. The zero-order chi connectivity index (χ0) is 11.5. The van der Waals surface area contributed by atoms with Crippen molar-refractivity contribution in [3.63, 3.8) is 0 Å². The zero-order valence-electron chi connectivity index (χ0n) is 9.16. The molecule has 1 N–H and O–H groups in total. The standard InChI is InChI=1S/C11H13ClN2S2/c1-7(11-8(2)14-6-15-11)13-5-9-3-4-10(12)16-9/h3-4,6-7,13H,5H2,1-2H3. The molecule has 0 aliphatic carbocycles. The molecule has 16 heavy (non-hydrogen) atoms. The molecule has 1 unspecified atom stereocenters. The second-order valence-electron chi connectivity index (χ2n) is 3.61. The highest BCUT2D eigenvalue weighted by atomic mass is 35.5. The van der Waals surface area contributed by atoms with E-state index in [1.165, 1.54) is 9.75 Å². The molecule has 5 heteroatoms. The first-order valence-electron chi connectivity index (χ1n) is 5.04. The molecular formula is C11H13ClN2S2. The van der Waals surface area contributed by atoms with Gasteiger partial charge in [0, 0.05) is 22.3 Å². The van der Waals surface area contributed by atoms with Crippen molar-refractivity contribution in [2.45, 2.75) is 26.4 Å². The van der Waals surface area contributed by atoms with Gasteiger partial charge in [-0.2, -0.15) is 0 Å². The van der Waals surface area contributed by atoms with Gasteiger partial charge in [0.05, 0.1) is 15.5 Å². The number of hydrogen-bond acceptors (Lipinski definition) is 4. The van der Waals surface area contributed by atoms with Crippen LogP contribution in [0.4, 0.5) is 0 Å². The third-order valence-corrected chi connectivity index (χ3v) is 4.73. The van der Waals surface area contributed by atoms with Crippen LogP contribution in [0.3, 0.4) is 0 Å². The minimum atomic E-state index is 0.341. The van der Waals surface area contributed by atoms with E-state index in [9.17, 15) is 0 Å². The van der Waals surface area contributed by atoms with Crippen LogP contribution in [0, 0.1) is 6.92 Å². The van der Waals surface area contributed by atoms with Crippen LogP contribution in [0.15, 0.2) is 17.6 Å². The summed E-state index contributed by atoms with van der Waals surface area (Å²) in [6, 6.07) is 4.34. The van der Waals surface area contributed by atoms with Crippen LogP contribution in [0.5, 0.6) is 0 Å². The molecule has 86 valence electrons. The van der Waals surface area contributed by atoms with Gasteiger partial charge < -0.3 is 5.32 Å². The van der Waals surface area contributed by atoms with Crippen molar-refractivity contribution in [2.75, 3.05) is 0 Å². The number of rotatable bonds is 4. The van der Waals surface area contributed by atoms with E-state index < -0.39 is 0 Å². The summed E-state index contributed by atoms with van der Waals surface area (Å²) in [7, 11) is 0. The van der Waals surface area contributed by atoms with E-state index in [-0.39, 0.29) is 0 Å². The monoisotopic (exact) mass is 272 g/mol. The van der Waals surface area contributed by atoms with Gasteiger partial charge in [-0.25, -0.2) is 4.98 Å². The van der Waals surface area contributed by atoms with Gasteiger partial charge in [0.1, 0.15) is 0 Å². The third kappa shape index (κ3) is 2.83. The van der Waals surface area contributed by atoms with Crippen LogP contribution in [-0.4, -0.2) is 4.98 Å². The average Bonchev–Trinajstić information content (AvgIpc) is 2.84. The lowest BCUT2D eigenvalue weighted by Crippen LogP contribution is -2.17. The summed E-state index contributed by atoms with van der Waals surface area (Å²) < 4.78 is 0.846. The normalized spacial score (nSPS) is 12.9. The second kappa shape index (κ2) is 5.27. The smallest absolute Gasteiger partial charge is 0.0931 e. The van der Waals surface area contributed by atoms with Crippen LogP contribution in [0.2, 0.25) is 4.34 Å². The van der Waals surface area contributed by atoms with E-state index in [4.69, 9.17) is 11.6 Å². The van der Waals surface area contributed by atoms with Crippen LogP contribution >= 0.6 is 34.3 Å². The highest BCUT2D eigenvalue weighted by molar-refractivity contribution is 7.16. The Morgan fingerprint density at radius 1 is 1.50 bits per heavy atom. The van der Waals surface area contributed by atoms with Crippen molar-refractivity contribution in [1.29, 1.82) is 0 Å². The summed E-state index contributed by atoms with van der Waals surface area (Å²) in [4.78, 5) is 6.83. The Kier molecular flexibility index (Phi) is 3.97. The SMILES string of the molecule is Cc1ncsc1C(C)NCc1ccc(Cl)s1. The van der Waals surface area contributed by atoms with Crippen LogP contribution in [0.1, 0.15) is 28.4 Å². The molecule has 2 nitrogen and oxygen atoms in total. The maximum atomic E-state index is 5.88. The molecule has 0 amide bonds. The van der Waals surface area contributed by atoms with E-state index in [1.54, 1.807) is 22.7 Å². The topological polar surface area (TPSA) is 24.9 Å². The molecular weight excluding hydrogens is 260 g/mol. The zero-order valence-corrected chi connectivity index (χ0v) is 11.5. The molecule has 0 aliphatic heterocycles. The predicted octanol–water partition coefficient (Wildman–Crippen LogP) is 4.02. The maximum Gasteiger partial charge on any atom is 0.0931 e. The van der Waals surface area contributed by atoms with Crippen molar-refractivity contribution in [1.82, 2.24) is 10.3 Å². The summed E-state index contributed by atoms with van der Waals surface area (Å²) >= 11 is 9.21. The second-order valence-corrected chi connectivity index (χ2v) is 6.30. The number of nitrogens with zero attached hydrogens (tertiary/aromatic N) is 1. The Labute approximate surface area is 108 Å². The minimum Gasteiger partial charge on any atom is -0.304 e. The number of aromatic nitrogens is 1. The van der Waals surface area contributed by atoms with Gasteiger partial charge in [0.25, 0.3) is 0 Å². The summed E-state index contributed by atoms with van der Waals surface area (Å²) in [5.41, 5.74) is 3.01. The van der Waals surface area contributed by atoms with E-state index >= 15 is 0 Å². The number of halogens is 1. The van der Waals surface area contributed by atoms with Crippen molar-refractivity contribution in [2.24, 2.45) is 0 Å². The number of thiazole rings is 1. The fraction of sp³-hybridized carbons (Fsp3) is 0.364. The molecule has 2 aromatic rings. The molecule has 1 atom stereocenters. The highest BCUT2D eigenvalue weighted by Crippen LogP contribution is 2.24. The summed E-state index contributed by atoms with van der Waals surface area (Å²) in [5.74, 6) is 0. The van der Waals surface area contributed by atoms with Gasteiger partial charge in [0.2, 0.25) is 0 Å². The van der Waals surface area contributed by atoms with Crippen molar-refractivity contribution >= 4 is 34.3 Å². The highest BCUT2D eigenvalue weighted by Gasteiger charge is 2.10. The Bertz CT molecular complexity index is 464. The Morgan fingerprint density at radius 2 is 2.31 bits per heavy atom. The number of nitrogens with one attached hydrogen (secondary N) is 1. The fourth-order valence-electron chi connectivity index (χ4n) is 1.52. The van der Waals surface area contributed by atoms with Crippen molar-refractivity contribution in [3.8, 4) is 0 Å². The molecule has 0 bridgehead atoms. The molecule has 0 saturated heterocycles. The van der Waals surface area contributed by atoms with Crippen LogP contribution < -0.4 is 5.32 Å². The van der Waals surface area contributed by atoms with E-state index in [1.807, 2.05) is 18.5 Å². The van der Waals surface area contributed by atoms with Crippen LogP contribution in [-0.2, 0) is 6.54 Å². The van der Waals surface area contributed by atoms with Crippen molar-refractivity contribution < 1.29 is 0 Å². The van der Waals surface area contributed by atoms with E-state index in [0.717, 1.165) is 16.6 Å². The summed E-state index contributed by atoms with van der Waals surface area (Å²) in [5, 5.41) is 3.48. The van der Waals surface area contributed by atoms with Crippen molar-refractivity contribution in [3.05, 3.63) is 37.4 Å². The van der Waals surface area contributed by atoms with Gasteiger partial charge >= 0.3 is 0 Å². The number of thiophene rings is 1. The largest absolute Gasteiger partial charge is 0.304 e. The number of hydrogen-bond donors (Lipinski definition) is 1. The molecule has 2 heterocycles.